The van der Waals surface area contributed by atoms with E-state index in [9.17, 15) is 18.4 Å². The standard InChI is InChI=1S/C22H16F2O4/c1-14(27-19-12-8-18(24)9-13-19)22(26)28-20-10-4-16(5-11-20)21(25)15-2-6-17(23)7-3-15/h2-14H,1H3/t14-/m1/s1. The Morgan fingerprint density at radius 1 is 0.714 bits per heavy atom. The van der Waals surface area contributed by atoms with Gasteiger partial charge in [0.05, 0.1) is 0 Å². The van der Waals surface area contributed by atoms with Crippen molar-refractivity contribution >= 4 is 11.8 Å². The minimum Gasteiger partial charge on any atom is -0.479 e. The quantitative estimate of drug-likeness (QED) is 0.356. The lowest BCUT2D eigenvalue weighted by Gasteiger charge is -2.14. The molecule has 0 aliphatic rings. The first-order chi connectivity index (χ1) is 13.4. The molecule has 142 valence electrons. The lowest BCUT2D eigenvalue weighted by Crippen LogP contribution is -2.28. The number of benzene rings is 3. The molecule has 6 heteroatoms. The fourth-order valence-corrected chi connectivity index (χ4v) is 2.41. The summed E-state index contributed by atoms with van der Waals surface area (Å²) in [5.74, 6) is -1.15. The molecule has 0 aromatic heterocycles. The smallest absolute Gasteiger partial charge is 0.352 e. The van der Waals surface area contributed by atoms with Gasteiger partial charge < -0.3 is 9.47 Å². The largest absolute Gasteiger partial charge is 0.479 e. The predicted molar refractivity (Wildman–Crippen MR) is 98.4 cm³/mol. The van der Waals surface area contributed by atoms with E-state index in [1.165, 1.54) is 79.7 Å². The zero-order chi connectivity index (χ0) is 20.1. The molecule has 0 radical (unpaired) electrons. The second-order valence-corrected chi connectivity index (χ2v) is 6.00. The van der Waals surface area contributed by atoms with Crippen LogP contribution in [-0.2, 0) is 4.79 Å². The van der Waals surface area contributed by atoms with Crippen LogP contribution in [0.1, 0.15) is 22.8 Å². The summed E-state index contributed by atoms with van der Waals surface area (Å²) < 4.78 is 36.5. The second kappa shape index (κ2) is 8.43. The van der Waals surface area contributed by atoms with E-state index in [0.29, 0.717) is 16.9 Å². The van der Waals surface area contributed by atoms with Gasteiger partial charge in [0, 0.05) is 11.1 Å². The summed E-state index contributed by atoms with van der Waals surface area (Å²) in [7, 11) is 0. The Labute approximate surface area is 160 Å². The number of hydrogen-bond donors (Lipinski definition) is 0. The van der Waals surface area contributed by atoms with Gasteiger partial charge in [-0.15, -0.1) is 0 Å². The minimum absolute atomic E-state index is 0.246. The van der Waals surface area contributed by atoms with E-state index in [1.54, 1.807) is 0 Å². The molecular formula is C22H16F2O4. The van der Waals surface area contributed by atoms with Gasteiger partial charge in [-0.1, -0.05) is 0 Å². The van der Waals surface area contributed by atoms with Gasteiger partial charge in [0.25, 0.3) is 0 Å². The highest BCUT2D eigenvalue weighted by Crippen LogP contribution is 2.18. The van der Waals surface area contributed by atoms with Crippen LogP contribution in [0.3, 0.4) is 0 Å². The zero-order valence-corrected chi connectivity index (χ0v) is 14.9. The number of hydrogen-bond acceptors (Lipinski definition) is 4. The normalized spacial score (nSPS) is 11.5. The molecule has 0 spiro atoms. The molecule has 28 heavy (non-hydrogen) atoms. The van der Waals surface area contributed by atoms with Crippen molar-refractivity contribution in [3.63, 3.8) is 0 Å². The van der Waals surface area contributed by atoms with E-state index in [0.717, 1.165) is 0 Å². The molecule has 3 aromatic rings. The fraction of sp³-hybridized carbons (Fsp3) is 0.0909. The van der Waals surface area contributed by atoms with E-state index >= 15 is 0 Å². The van der Waals surface area contributed by atoms with Gasteiger partial charge in [0.2, 0.25) is 0 Å². The number of esters is 1. The summed E-state index contributed by atoms with van der Waals surface area (Å²) in [5, 5.41) is 0. The molecule has 0 N–H and O–H groups in total. The SMILES string of the molecule is C[C@@H](Oc1ccc(F)cc1)C(=O)Oc1ccc(C(=O)c2ccc(F)cc2)cc1. The summed E-state index contributed by atoms with van der Waals surface area (Å²) in [6, 6.07) is 16.5. The van der Waals surface area contributed by atoms with Crippen molar-refractivity contribution in [2.75, 3.05) is 0 Å². The van der Waals surface area contributed by atoms with Gasteiger partial charge in [-0.2, -0.15) is 0 Å². The third-order valence-corrected chi connectivity index (χ3v) is 3.90. The number of ketones is 1. The highest BCUT2D eigenvalue weighted by atomic mass is 19.1. The van der Waals surface area contributed by atoms with Crippen molar-refractivity contribution in [1.82, 2.24) is 0 Å². The van der Waals surface area contributed by atoms with Crippen LogP contribution < -0.4 is 9.47 Å². The summed E-state index contributed by atoms with van der Waals surface area (Å²) in [5.41, 5.74) is 0.731. The topological polar surface area (TPSA) is 52.6 Å². The molecular weight excluding hydrogens is 366 g/mol. The van der Waals surface area contributed by atoms with Gasteiger partial charge in [0.15, 0.2) is 11.9 Å². The Morgan fingerprint density at radius 3 is 1.68 bits per heavy atom. The molecule has 1 atom stereocenters. The Bertz CT molecular complexity index is 965. The van der Waals surface area contributed by atoms with Crippen LogP contribution in [0.2, 0.25) is 0 Å². The summed E-state index contributed by atoms with van der Waals surface area (Å²) in [4.78, 5) is 24.5. The van der Waals surface area contributed by atoms with Crippen molar-refractivity contribution < 1.29 is 27.8 Å². The summed E-state index contributed by atoms with van der Waals surface area (Å²) in [6.07, 6.45) is -0.911. The van der Waals surface area contributed by atoms with Crippen LogP contribution in [-0.4, -0.2) is 17.9 Å². The average Bonchev–Trinajstić information content (AvgIpc) is 2.70. The van der Waals surface area contributed by atoms with Crippen molar-refractivity contribution in [1.29, 1.82) is 0 Å². The van der Waals surface area contributed by atoms with E-state index in [1.807, 2.05) is 0 Å². The maximum absolute atomic E-state index is 13.0. The summed E-state index contributed by atoms with van der Waals surface area (Å²) >= 11 is 0. The van der Waals surface area contributed by atoms with Gasteiger partial charge in [0.1, 0.15) is 23.1 Å². The molecule has 4 nitrogen and oxygen atoms in total. The zero-order valence-electron chi connectivity index (χ0n) is 14.9. The first kappa shape index (κ1) is 19.2. The lowest BCUT2D eigenvalue weighted by molar-refractivity contribution is -0.141. The number of carbonyl (C=O) groups excluding carboxylic acids is 2. The van der Waals surface area contributed by atoms with Crippen LogP contribution in [0, 0.1) is 11.6 Å². The number of ether oxygens (including phenoxy) is 2. The van der Waals surface area contributed by atoms with Crippen molar-refractivity contribution in [2.45, 2.75) is 13.0 Å². The lowest BCUT2D eigenvalue weighted by atomic mass is 10.0. The van der Waals surface area contributed by atoms with E-state index in [4.69, 9.17) is 9.47 Å². The maximum Gasteiger partial charge on any atom is 0.352 e. The van der Waals surface area contributed by atoms with Crippen LogP contribution in [0.5, 0.6) is 11.5 Å². The van der Waals surface area contributed by atoms with Crippen LogP contribution in [0.15, 0.2) is 72.8 Å². The van der Waals surface area contributed by atoms with Crippen LogP contribution in [0.25, 0.3) is 0 Å². The number of rotatable bonds is 6. The molecule has 0 amide bonds. The predicted octanol–water partition coefficient (Wildman–Crippen LogP) is 4.57. The van der Waals surface area contributed by atoms with Crippen LogP contribution in [0.4, 0.5) is 8.78 Å². The minimum atomic E-state index is -0.911. The highest BCUT2D eigenvalue weighted by molar-refractivity contribution is 6.09. The first-order valence-electron chi connectivity index (χ1n) is 8.46. The molecule has 0 aliphatic heterocycles. The van der Waals surface area contributed by atoms with Crippen molar-refractivity contribution in [3.8, 4) is 11.5 Å². The van der Waals surface area contributed by atoms with Gasteiger partial charge >= 0.3 is 5.97 Å². The summed E-state index contributed by atoms with van der Waals surface area (Å²) in [6.45, 7) is 1.51. The van der Waals surface area contributed by atoms with Crippen LogP contribution >= 0.6 is 0 Å². The molecule has 0 fully saturated rings. The van der Waals surface area contributed by atoms with E-state index in [2.05, 4.69) is 0 Å². The van der Waals surface area contributed by atoms with Gasteiger partial charge in [-0.05, 0) is 79.7 Å². The Balaban J connectivity index is 1.61. The maximum atomic E-state index is 13.0. The molecule has 0 heterocycles. The average molecular weight is 382 g/mol. The number of halogens is 2. The molecule has 3 aromatic carbocycles. The molecule has 3 rings (SSSR count). The van der Waals surface area contributed by atoms with Crippen molar-refractivity contribution in [2.24, 2.45) is 0 Å². The first-order valence-corrected chi connectivity index (χ1v) is 8.46. The second-order valence-electron chi connectivity index (χ2n) is 6.00. The van der Waals surface area contributed by atoms with E-state index in [-0.39, 0.29) is 11.5 Å². The molecule has 0 saturated heterocycles. The molecule has 0 saturated carbocycles. The number of carbonyl (C=O) groups is 2. The Morgan fingerprint density at radius 2 is 1.14 bits per heavy atom. The van der Waals surface area contributed by atoms with E-state index < -0.39 is 23.7 Å². The van der Waals surface area contributed by atoms with Crippen molar-refractivity contribution in [3.05, 3.63) is 95.6 Å². The fourth-order valence-electron chi connectivity index (χ4n) is 2.41. The molecule has 0 bridgehead atoms. The third-order valence-electron chi connectivity index (χ3n) is 3.90. The molecule has 0 aliphatic carbocycles. The molecule has 0 unspecified atom stereocenters. The van der Waals surface area contributed by atoms with Gasteiger partial charge in [-0.25, -0.2) is 13.6 Å². The Kier molecular flexibility index (Phi) is 5.79. The third kappa shape index (κ3) is 4.79. The Hall–Kier alpha value is -3.54. The highest BCUT2D eigenvalue weighted by Gasteiger charge is 2.18. The monoisotopic (exact) mass is 382 g/mol. The van der Waals surface area contributed by atoms with Gasteiger partial charge in [-0.3, -0.25) is 4.79 Å².